The molecule has 1 aromatic carbocycles. The van der Waals surface area contributed by atoms with Gasteiger partial charge in [0.25, 0.3) is 0 Å². The van der Waals surface area contributed by atoms with Crippen molar-refractivity contribution in [3.8, 4) is 0 Å². The number of rotatable bonds is 3. The Morgan fingerprint density at radius 1 is 1.22 bits per heavy atom. The largest absolute Gasteiger partial charge is 0.416 e. The van der Waals surface area contributed by atoms with E-state index < -0.39 is 11.7 Å². The molecule has 18 heavy (non-hydrogen) atoms. The second-order valence-corrected chi connectivity index (χ2v) is 4.70. The highest BCUT2D eigenvalue weighted by Crippen LogP contribution is 2.29. The number of benzene rings is 1. The second-order valence-electron chi connectivity index (χ2n) is 4.30. The Balaban J connectivity index is 1.84. The van der Waals surface area contributed by atoms with Crippen molar-refractivity contribution in [3.63, 3.8) is 0 Å². The molecule has 6 heteroatoms. The summed E-state index contributed by atoms with van der Waals surface area (Å²) in [5.41, 5.74) is 0.132. The van der Waals surface area contributed by atoms with Crippen molar-refractivity contribution < 1.29 is 13.2 Å². The molecule has 1 aliphatic rings. The van der Waals surface area contributed by atoms with Gasteiger partial charge in [-0.2, -0.15) is 13.2 Å². The SMILES string of the molecule is FC(F)(F)c1ccc(CNC(=S)NC2CC2)cc1. The van der Waals surface area contributed by atoms with Crippen molar-refractivity contribution in [2.24, 2.45) is 0 Å². The first-order valence-electron chi connectivity index (χ1n) is 5.65. The molecule has 98 valence electrons. The minimum absolute atomic E-state index is 0.427. The van der Waals surface area contributed by atoms with Crippen molar-refractivity contribution in [2.75, 3.05) is 0 Å². The lowest BCUT2D eigenvalue weighted by molar-refractivity contribution is -0.137. The summed E-state index contributed by atoms with van der Waals surface area (Å²) >= 11 is 5.05. The minimum atomic E-state index is -4.28. The zero-order chi connectivity index (χ0) is 13.2. The van der Waals surface area contributed by atoms with Gasteiger partial charge in [-0.15, -0.1) is 0 Å². The summed E-state index contributed by atoms with van der Waals surface area (Å²) < 4.78 is 37.0. The highest BCUT2D eigenvalue weighted by Gasteiger charge is 2.29. The number of thiocarbonyl (C=S) groups is 1. The first kappa shape index (κ1) is 13.1. The highest BCUT2D eigenvalue weighted by molar-refractivity contribution is 7.80. The summed E-state index contributed by atoms with van der Waals surface area (Å²) in [4.78, 5) is 0. The molecular weight excluding hydrogens is 261 g/mol. The summed E-state index contributed by atoms with van der Waals surface area (Å²) in [6.45, 7) is 0.427. The Labute approximate surface area is 109 Å². The molecule has 2 nitrogen and oxygen atoms in total. The van der Waals surface area contributed by atoms with E-state index in [9.17, 15) is 13.2 Å². The van der Waals surface area contributed by atoms with Gasteiger partial charge in [-0.1, -0.05) is 12.1 Å². The van der Waals surface area contributed by atoms with Gasteiger partial charge in [0.1, 0.15) is 0 Å². The van der Waals surface area contributed by atoms with Crippen molar-refractivity contribution in [1.29, 1.82) is 0 Å². The topological polar surface area (TPSA) is 24.1 Å². The van der Waals surface area contributed by atoms with Crippen LogP contribution in [0.4, 0.5) is 13.2 Å². The average molecular weight is 274 g/mol. The van der Waals surface area contributed by atoms with E-state index in [0.29, 0.717) is 17.7 Å². The predicted octanol–water partition coefficient (Wildman–Crippen LogP) is 2.83. The van der Waals surface area contributed by atoms with Crippen molar-refractivity contribution in [3.05, 3.63) is 35.4 Å². The van der Waals surface area contributed by atoms with Crippen LogP contribution in [0, 0.1) is 0 Å². The molecule has 0 heterocycles. The highest BCUT2D eigenvalue weighted by atomic mass is 32.1. The lowest BCUT2D eigenvalue weighted by Gasteiger charge is -2.11. The molecule has 0 saturated heterocycles. The summed E-state index contributed by atoms with van der Waals surface area (Å²) in [5.74, 6) is 0. The van der Waals surface area contributed by atoms with Gasteiger partial charge in [0.15, 0.2) is 5.11 Å². The number of nitrogens with one attached hydrogen (secondary N) is 2. The normalized spacial score (nSPS) is 15.3. The number of alkyl halides is 3. The van der Waals surface area contributed by atoms with Crippen molar-refractivity contribution in [1.82, 2.24) is 10.6 Å². The molecule has 0 atom stereocenters. The lowest BCUT2D eigenvalue weighted by atomic mass is 10.1. The molecule has 0 unspecified atom stereocenters. The quantitative estimate of drug-likeness (QED) is 0.829. The van der Waals surface area contributed by atoms with Crippen molar-refractivity contribution in [2.45, 2.75) is 31.6 Å². The molecular formula is C12H13F3N2S. The molecule has 1 fully saturated rings. The van der Waals surface area contributed by atoms with E-state index in [-0.39, 0.29) is 0 Å². The Kier molecular flexibility index (Phi) is 3.75. The molecule has 2 N–H and O–H groups in total. The fraction of sp³-hybridized carbons (Fsp3) is 0.417. The Morgan fingerprint density at radius 3 is 2.33 bits per heavy atom. The molecule has 2 rings (SSSR count). The van der Waals surface area contributed by atoms with Crippen LogP contribution in [0.1, 0.15) is 24.0 Å². The Bertz CT molecular complexity index is 424. The smallest absolute Gasteiger partial charge is 0.360 e. The summed E-state index contributed by atoms with van der Waals surface area (Å²) in [7, 11) is 0. The molecule has 0 bridgehead atoms. The van der Waals surface area contributed by atoms with E-state index in [2.05, 4.69) is 10.6 Å². The fourth-order valence-corrected chi connectivity index (χ4v) is 1.70. The molecule has 0 amide bonds. The maximum Gasteiger partial charge on any atom is 0.416 e. The fourth-order valence-electron chi connectivity index (χ4n) is 1.46. The van der Waals surface area contributed by atoms with Crippen LogP contribution in [0.15, 0.2) is 24.3 Å². The maximum absolute atomic E-state index is 12.3. The van der Waals surface area contributed by atoms with Crippen molar-refractivity contribution >= 4 is 17.3 Å². The molecule has 1 saturated carbocycles. The maximum atomic E-state index is 12.3. The van der Waals surface area contributed by atoms with Gasteiger partial charge in [0.05, 0.1) is 5.56 Å². The minimum Gasteiger partial charge on any atom is -0.360 e. The lowest BCUT2D eigenvalue weighted by Crippen LogP contribution is -2.36. The van der Waals surface area contributed by atoms with Crippen LogP contribution >= 0.6 is 12.2 Å². The van der Waals surface area contributed by atoms with E-state index in [1.807, 2.05) is 0 Å². The molecule has 1 aromatic rings. The van der Waals surface area contributed by atoms with Crippen LogP contribution in [0.25, 0.3) is 0 Å². The van der Waals surface area contributed by atoms with Gasteiger partial charge in [-0.05, 0) is 42.8 Å². The Hall–Kier alpha value is -1.30. The molecule has 1 aliphatic carbocycles. The first-order valence-corrected chi connectivity index (χ1v) is 6.06. The van der Waals surface area contributed by atoms with Crippen LogP contribution in [0.5, 0.6) is 0 Å². The standard InChI is InChI=1S/C12H13F3N2S/c13-12(14,15)9-3-1-8(2-4-9)7-16-11(18)17-10-5-6-10/h1-4,10H,5-7H2,(H2,16,17,18). The van der Waals surface area contributed by atoms with E-state index in [4.69, 9.17) is 12.2 Å². The molecule has 0 aliphatic heterocycles. The van der Waals surface area contributed by atoms with Gasteiger partial charge in [0, 0.05) is 12.6 Å². The average Bonchev–Trinajstić information content (AvgIpc) is 3.10. The zero-order valence-electron chi connectivity index (χ0n) is 9.55. The van der Waals surface area contributed by atoms with Crippen LogP contribution in [-0.4, -0.2) is 11.2 Å². The Morgan fingerprint density at radius 2 is 1.83 bits per heavy atom. The summed E-state index contributed by atoms with van der Waals surface area (Å²) in [5, 5.41) is 6.62. The van der Waals surface area contributed by atoms with E-state index in [1.54, 1.807) is 0 Å². The predicted molar refractivity (Wildman–Crippen MR) is 67.0 cm³/mol. The second kappa shape index (κ2) is 5.14. The van der Waals surface area contributed by atoms with Gasteiger partial charge in [0.2, 0.25) is 0 Å². The number of hydrogen-bond acceptors (Lipinski definition) is 1. The van der Waals surface area contributed by atoms with E-state index in [0.717, 1.165) is 30.5 Å². The van der Waals surface area contributed by atoms with Gasteiger partial charge in [-0.25, -0.2) is 0 Å². The van der Waals surface area contributed by atoms with E-state index in [1.165, 1.54) is 12.1 Å². The third-order valence-corrected chi connectivity index (χ3v) is 2.91. The van der Waals surface area contributed by atoms with Crippen LogP contribution in [0.2, 0.25) is 0 Å². The zero-order valence-corrected chi connectivity index (χ0v) is 10.4. The molecule has 0 radical (unpaired) electrons. The third kappa shape index (κ3) is 3.87. The monoisotopic (exact) mass is 274 g/mol. The van der Waals surface area contributed by atoms with Crippen LogP contribution < -0.4 is 10.6 Å². The summed E-state index contributed by atoms with van der Waals surface area (Å²) in [6.07, 6.45) is -2.03. The molecule has 0 aromatic heterocycles. The number of hydrogen-bond donors (Lipinski definition) is 2. The first-order chi connectivity index (χ1) is 8.45. The third-order valence-electron chi connectivity index (χ3n) is 2.65. The van der Waals surface area contributed by atoms with E-state index >= 15 is 0 Å². The van der Waals surface area contributed by atoms with Crippen LogP contribution in [-0.2, 0) is 12.7 Å². The van der Waals surface area contributed by atoms with Gasteiger partial charge >= 0.3 is 6.18 Å². The van der Waals surface area contributed by atoms with Crippen LogP contribution in [0.3, 0.4) is 0 Å². The summed E-state index contributed by atoms with van der Waals surface area (Å²) in [6, 6.07) is 5.53. The van der Waals surface area contributed by atoms with Gasteiger partial charge < -0.3 is 10.6 Å². The molecule has 0 spiro atoms. The number of halogens is 3. The van der Waals surface area contributed by atoms with Gasteiger partial charge in [-0.3, -0.25) is 0 Å².